The molecule has 0 aliphatic rings. The van der Waals surface area contributed by atoms with Crippen LogP contribution in [-0.4, -0.2) is 41.0 Å². The first-order valence-electron chi connectivity index (χ1n) is 6.28. The molecule has 21 heavy (non-hydrogen) atoms. The summed E-state index contributed by atoms with van der Waals surface area (Å²) in [7, 11) is 1.67. The Balaban J connectivity index is 1.87. The van der Waals surface area contributed by atoms with Crippen molar-refractivity contribution >= 4 is 27.7 Å². The van der Waals surface area contributed by atoms with Crippen LogP contribution in [0.15, 0.2) is 41.1 Å². The van der Waals surface area contributed by atoms with Gasteiger partial charge in [-0.05, 0) is 24.3 Å². The van der Waals surface area contributed by atoms with Gasteiger partial charge in [0.05, 0.1) is 6.54 Å². The summed E-state index contributed by atoms with van der Waals surface area (Å²) < 4.78 is 6.55. The van der Waals surface area contributed by atoms with Crippen LogP contribution in [0.5, 0.6) is 5.75 Å². The van der Waals surface area contributed by atoms with Crippen molar-refractivity contribution < 1.29 is 9.53 Å². The molecule has 0 saturated heterocycles. The number of nitrogen functional groups attached to an aromatic ring is 1. The first kappa shape index (κ1) is 15.2. The third-order valence-electron chi connectivity index (χ3n) is 2.78. The van der Waals surface area contributed by atoms with E-state index in [1.54, 1.807) is 7.05 Å². The number of aromatic nitrogens is 2. The van der Waals surface area contributed by atoms with Gasteiger partial charge >= 0.3 is 0 Å². The molecular weight excluding hydrogens is 336 g/mol. The average Bonchev–Trinajstić information content (AvgIpc) is 2.49. The van der Waals surface area contributed by atoms with Crippen molar-refractivity contribution in [1.82, 2.24) is 14.9 Å². The summed E-state index contributed by atoms with van der Waals surface area (Å²) in [6, 6.07) is 7.49. The number of ether oxygens (including phenoxy) is 1. The van der Waals surface area contributed by atoms with E-state index in [4.69, 9.17) is 10.5 Å². The molecule has 0 radical (unpaired) electrons. The third kappa shape index (κ3) is 4.16. The van der Waals surface area contributed by atoms with Gasteiger partial charge in [0, 0.05) is 23.9 Å². The molecule has 1 amide bonds. The summed E-state index contributed by atoms with van der Waals surface area (Å²) in [5, 5.41) is 0. The Labute approximate surface area is 131 Å². The van der Waals surface area contributed by atoms with E-state index in [1.807, 2.05) is 24.3 Å². The number of benzene rings is 1. The van der Waals surface area contributed by atoms with Crippen molar-refractivity contribution in [2.24, 2.45) is 0 Å². The Morgan fingerprint density at radius 1 is 1.29 bits per heavy atom. The first-order valence-corrected chi connectivity index (χ1v) is 7.07. The zero-order valence-corrected chi connectivity index (χ0v) is 13.1. The molecule has 1 aromatic heterocycles. The minimum Gasteiger partial charge on any atom is -0.492 e. The van der Waals surface area contributed by atoms with Gasteiger partial charge in [0.1, 0.15) is 12.4 Å². The predicted octanol–water partition coefficient (Wildman–Crippen LogP) is 1.97. The van der Waals surface area contributed by atoms with Crippen LogP contribution in [0.3, 0.4) is 0 Å². The van der Waals surface area contributed by atoms with Gasteiger partial charge in [0.25, 0.3) is 5.91 Å². The van der Waals surface area contributed by atoms with E-state index in [0.29, 0.717) is 13.2 Å². The average molecular weight is 351 g/mol. The number of hydrogen-bond donors (Lipinski definition) is 1. The lowest BCUT2D eigenvalue weighted by Gasteiger charge is -2.17. The van der Waals surface area contributed by atoms with E-state index in [2.05, 4.69) is 25.9 Å². The number of carbonyl (C=O) groups excluding carboxylic acids is 1. The van der Waals surface area contributed by atoms with Gasteiger partial charge in [-0.2, -0.15) is 0 Å². The van der Waals surface area contributed by atoms with Crippen LogP contribution in [0.1, 0.15) is 10.5 Å². The monoisotopic (exact) mass is 350 g/mol. The van der Waals surface area contributed by atoms with Crippen molar-refractivity contribution in [3.63, 3.8) is 0 Å². The van der Waals surface area contributed by atoms with E-state index in [0.717, 1.165) is 10.2 Å². The van der Waals surface area contributed by atoms with E-state index >= 15 is 0 Å². The van der Waals surface area contributed by atoms with Crippen LogP contribution in [0.25, 0.3) is 0 Å². The largest absolute Gasteiger partial charge is 0.492 e. The number of likely N-dealkylation sites (N-methyl/N-ethyl adjacent to an activating group) is 1. The second-order valence-electron chi connectivity index (χ2n) is 4.32. The molecule has 2 N–H and O–H groups in total. The fraction of sp³-hybridized carbons (Fsp3) is 0.214. The number of nitrogens with two attached hydrogens (primary N) is 1. The molecule has 0 aliphatic carbocycles. The first-order chi connectivity index (χ1) is 10.1. The molecule has 1 heterocycles. The zero-order chi connectivity index (χ0) is 15.2. The maximum absolute atomic E-state index is 12.1. The van der Waals surface area contributed by atoms with Gasteiger partial charge in [0.2, 0.25) is 0 Å². The lowest BCUT2D eigenvalue weighted by atomic mass is 10.3. The van der Waals surface area contributed by atoms with Gasteiger partial charge in [0.15, 0.2) is 11.5 Å². The van der Waals surface area contributed by atoms with E-state index < -0.39 is 0 Å². The minimum absolute atomic E-state index is 0.128. The molecule has 7 heteroatoms. The molecule has 2 aromatic rings. The molecule has 0 bridgehead atoms. The van der Waals surface area contributed by atoms with E-state index in [9.17, 15) is 4.79 Å². The van der Waals surface area contributed by atoms with Crippen molar-refractivity contribution in [2.45, 2.75) is 0 Å². The second-order valence-corrected chi connectivity index (χ2v) is 5.23. The molecule has 110 valence electrons. The standard InChI is InChI=1S/C14H15BrN4O2/c1-19(14(20)12-13(16)18-7-6-17-12)8-9-21-11-4-2-10(15)3-5-11/h2-7H,8-9H2,1H3,(H2,16,18). The highest BCUT2D eigenvalue weighted by Crippen LogP contribution is 2.16. The van der Waals surface area contributed by atoms with Crippen LogP contribution >= 0.6 is 15.9 Å². The summed E-state index contributed by atoms with van der Waals surface area (Å²) in [6.45, 7) is 0.801. The Kier molecular flexibility index (Phi) is 5.10. The SMILES string of the molecule is CN(CCOc1ccc(Br)cc1)C(=O)c1nccnc1N. The van der Waals surface area contributed by atoms with Crippen LogP contribution in [0, 0.1) is 0 Å². The van der Waals surface area contributed by atoms with Crippen molar-refractivity contribution in [2.75, 3.05) is 25.9 Å². The number of halogens is 1. The number of anilines is 1. The molecular formula is C14H15BrN4O2. The van der Waals surface area contributed by atoms with E-state index in [-0.39, 0.29) is 17.4 Å². The number of carbonyl (C=O) groups is 1. The number of amides is 1. The summed E-state index contributed by atoms with van der Waals surface area (Å²) in [4.78, 5) is 21.4. The molecule has 0 fully saturated rings. The number of hydrogen-bond acceptors (Lipinski definition) is 5. The van der Waals surface area contributed by atoms with Crippen molar-refractivity contribution in [3.05, 3.63) is 46.8 Å². The lowest BCUT2D eigenvalue weighted by Crippen LogP contribution is -2.32. The van der Waals surface area contributed by atoms with Gasteiger partial charge in [-0.1, -0.05) is 15.9 Å². The molecule has 0 spiro atoms. The summed E-state index contributed by atoms with van der Waals surface area (Å²) in [6.07, 6.45) is 2.89. The van der Waals surface area contributed by atoms with Gasteiger partial charge in [-0.25, -0.2) is 9.97 Å². The highest BCUT2D eigenvalue weighted by atomic mass is 79.9. The Morgan fingerprint density at radius 2 is 1.95 bits per heavy atom. The zero-order valence-electron chi connectivity index (χ0n) is 11.5. The Hall–Kier alpha value is -2.15. The van der Waals surface area contributed by atoms with Crippen LogP contribution in [0.2, 0.25) is 0 Å². The normalized spacial score (nSPS) is 10.2. The number of nitrogens with zero attached hydrogens (tertiary/aromatic N) is 3. The van der Waals surface area contributed by atoms with Crippen LogP contribution < -0.4 is 10.5 Å². The van der Waals surface area contributed by atoms with E-state index in [1.165, 1.54) is 17.3 Å². The second kappa shape index (κ2) is 7.03. The quantitative estimate of drug-likeness (QED) is 0.891. The molecule has 0 atom stereocenters. The molecule has 1 aromatic carbocycles. The lowest BCUT2D eigenvalue weighted by molar-refractivity contribution is 0.0769. The minimum atomic E-state index is -0.278. The topological polar surface area (TPSA) is 81.3 Å². The van der Waals surface area contributed by atoms with Crippen LogP contribution in [0.4, 0.5) is 5.82 Å². The number of rotatable bonds is 5. The van der Waals surface area contributed by atoms with Crippen molar-refractivity contribution in [1.29, 1.82) is 0 Å². The summed E-state index contributed by atoms with van der Waals surface area (Å²) in [5.41, 5.74) is 5.79. The maximum atomic E-state index is 12.1. The van der Waals surface area contributed by atoms with Crippen LogP contribution in [-0.2, 0) is 0 Å². The Morgan fingerprint density at radius 3 is 2.62 bits per heavy atom. The predicted molar refractivity (Wildman–Crippen MR) is 83.0 cm³/mol. The summed E-state index contributed by atoms with van der Waals surface area (Å²) in [5.74, 6) is 0.598. The smallest absolute Gasteiger partial charge is 0.276 e. The maximum Gasteiger partial charge on any atom is 0.276 e. The molecule has 6 nitrogen and oxygen atoms in total. The fourth-order valence-electron chi connectivity index (χ4n) is 1.63. The van der Waals surface area contributed by atoms with Gasteiger partial charge in [-0.3, -0.25) is 4.79 Å². The van der Waals surface area contributed by atoms with Gasteiger partial charge in [-0.15, -0.1) is 0 Å². The molecule has 2 rings (SSSR count). The van der Waals surface area contributed by atoms with Crippen molar-refractivity contribution in [3.8, 4) is 5.75 Å². The summed E-state index contributed by atoms with van der Waals surface area (Å²) >= 11 is 3.36. The fourth-order valence-corrected chi connectivity index (χ4v) is 1.89. The van der Waals surface area contributed by atoms with Gasteiger partial charge < -0.3 is 15.4 Å². The molecule has 0 aliphatic heterocycles. The Bertz CT molecular complexity index is 619. The third-order valence-corrected chi connectivity index (χ3v) is 3.31. The highest BCUT2D eigenvalue weighted by molar-refractivity contribution is 9.10. The highest BCUT2D eigenvalue weighted by Gasteiger charge is 2.16. The molecule has 0 unspecified atom stereocenters. The molecule has 0 saturated carbocycles.